The number of Topliss-reactive ketones (excluding diaryl/α,β-unsaturated/α-hetero) is 1. The quantitative estimate of drug-likeness (QED) is 0.132. The number of hydrogen-bond donors (Lipinski definition) is 4. The van der Waals surface area contributed by atoms with Gasteiger partial charge in [-0.25, -0.2) is 0 Å². The number of amides is 2. The molecular formula is C37H38N4O8S2. The Morgan fingerprint density at radius 1 is 0.824 bits per heavy atom. The third-order valence-electron chi connectivity index (χ3n) is 8.49. The van der Waals surface area contributed by atoms with Gasteiger partial charge in [-0.1, -0.05) is 66.8 Å². The predicted octanol–water partition coefficient (Wildman–Crippen LogP) is 3.43. The Balaban J connectivity index is 0.942. The molecule has 4 heterocycles. The first-order valence-corrected chi connectivity index (χ1v) is 18.4. The number of ketones is 1. The second-order valence-corrected chi connectivity index (χ2v) is 14.7. The van der Waals surface area contributed by atoms with Crippen molar-refractivity contribution >= 4 is 41.1 Å². The standard InChI is InChI=1S/C37H38N4O8S2/c1-2-22-7-13-28(38-17-22)30(42)20-48-27-11-5-24(6-12-27)16-33-35(45)41(37(47)51-33)19-25-8-14-29(39-18-25)31(43)21-49-26-9-3-23(4-10-26)15-32-34(44)40-36(46)50-32/h3-14,17-18,30,32-33,36-37,42,46-47H,2,15-16,19-21H2,1H3,(H,40,44). The number of aliphatic hydroxyl groups is 3. The van der Waals surface area contributed by atoms with Crippen LogP contribution in [0.2, 0.25) is 0 Å². The molecule has 266 valence electrons. The highest BCUT2D eigenvalue weighted by atomic mass is 32.2. The second kappa shape index (κ2) is 16.7. The lowest BCUT2D eigenvalue weighted by Crippen LogP contribution is -2.34. The molecule has 0 radical (unpaired) electrons. The van der Waals surface area contributed by atoms with Crippen molar-refractivity contribution in [3.05, 3.63) is 119 Å². The van der Waals surface area contributed by atoms with Crippen molar-refractivity contribution in [1.29, 1.82) is 0 Å². The topological polar surface area (TPSA) is 171 Å². The number of rotatable bonds is 15. The highest BCUT2D eigenvalue weighted by Crippen LogP contribution is 2.34. The van der Waals surface area contributed by atoms with Crippen LogP contribution >= 0.6 is 23.5 Å². The maximum atomic E-state index is 13.2. The monoisotopic (exact) mass is 730 g/mol. The third-order valence-corrected chi connectivity index (χ3v) is 10.8. The van der Waals surface area contributed by atoms with E-state index in [1.54, 1.807) is 48.7 Å². The highest BCUT2D eigenvalue weighted by Gasteiger charge is 2.39. The van der Waals surface area contributed by atoms with Gasteiger partial charge >= 0.3 is 0 Å². The molecule has 4 aromatic rings. The molecule has 51 heavy (non-hydrogen) atoms. The number of aryl methyl sites for hydroxylation is 1. The van der Waals surface area contributed by atoms with E-state index in [0.717, 1.165) is 23.1 Å². The fraction of sp³-hybridized carbons (Fsp3) is 0.324. The summed E-state index contributed by atoms with van der Waals surface area (Å²) in [6.07, 6.45) is 4.17. The van der Waals surface area contributed by atoms with E-state index in [2.05, 4.69) is 15.3 Å². The van der Waals surface area contributed by atoms with E-state index < -0.39 is 22.5 Å². The Morgan fingerprint density at radius 2 is 1.45 bits per heavy atom. The number of carbonyl (C=O) groups excluding carboxylic acids is 3. The first-order valence-electron chi connectivity index (χ1n) is 16.5. The molecule has 2 fully saturated rings. The molecule has 14 heteroatoms. The molecular weight excluding hydrogens is 693 g/mol. The number of thioether (sulfide) groups is 2. The Bertz CT molecular complexity index is 1810. The van der Waals surface area contributed by atoms with Gasteiger partial charge in [0.05, 0.1) is 22.7 Å². The van der Waals surface area contributed by atoms with Gasteiger partial charge in [-0.05, 0) is 77.9 Å². The summed E-state index contributed by atoms with van der Waals surface area (Å²) in [4.78, 5) is 47.8. The summed E-state index contributed by atoms with van der Waals surface area (Å²) in [6.45, 7) is 2.01. The van der Waals surface area contributed by atoms with Gasteiger partial charge in [0.2, 0.25) is 17.6 Å². The van der Waals surface area contributed by atoms with Gasteiger partial charge in [-0.2, -0.15) is 0 Å². The lowest BCUT2D eigenvalue weighted by molar-refractivity contribution is -0.134. The Hall–Kier alpha value is -4.47. The Labute approximate surface area is 303 Å². The van der Waals surface area contributed by atoms with Crippen LogP contribution < -0.4 is 14.8 Å². The van der Waals surface area contributed by atoms with Gasteiger partial charge in [0.15, 0.2) is 17.7 Å². The van der Waals surface area contributed by atoms with Crippen molar-refractivity contribution in [2.75, 3.05) is 13.2 Å². The number of carbonyl (C=O) groups is 3. The molecule has 5 unspecified atom stereocenters. The fourth-order valence-electron chi connectivity index (χ4n) is 5.55. The first kappa shape index (κ1) is 36.3. The smallest absolute Gasteiger partial charge is 0.239 e. The van der Waals surface area contributed by atoms with Gasteiger partial charge in [0.1, 0.15) is 29.9 Å². The zero-order chi connectivity index (χ0) is 35.9. The zero-order valence-electron chi connectivity index (χ0n) is 27.8. The minimum Gasteiger partial charge on any atom is -0.490 e. The van der Waals surface area contributed by atoms with Crippen LogP contribution in [0.15, 0.2) is 85.2 Å². The van der Waals surface area contributed by atoms with Gasteiger partial charge in [0.25, 0.3) is 0 Å². The van der Waals surface area contributed by atoms with Gasteiger partial charge in [-0.15, -0.1) is 0 Å². The molecule has 2 aliphatic heterocycles. The number of nitrogens with one attached hydrogen (secondary N) is 1. The average Bonchev–Trinajstić information content (AvgIpc) is 3.61. The second-order valence-electron chi connectivity index (χ2n) is 12.1. The van der Waals surface area contributed by atoms with Crippen LogP contribution in [-0.4, -0.2) is 82.6 Å². The number of aliphatic hydroxyl groups excluding tert-OH is 3. The van der Waals surface area contributed by atoms with E-state index in [1.165, 1.54) is 34.6 Å². The number of hydrogen-bond acceptors (Lipinski definition) is 12. The van der Waals surface area contributed by atoms with E-state index in [1.807, 2.05) is 37.3 Å². The third kappa shape index (κ3) is 9.45. The van der Waals surface area contributed by atoms with E-state index >= 15 is 0 Å². The normalized spacial score (nSPS) is 20.7. The number of benzene rings is 2. The number of aromatic nitrogens is 2. The van der Waals surface area contributed by atoms with Crippen molar-refractivity contribution in [2.24, 2.45) is 0 Å². The molecule has 0 aliphatic carbocycles. The van der Waals surface area contributed by atoms with Crippen molar-refractivity contribution in [1.82, 2.24) is 20.2 Å². The molecule has 0 spiro atoms. The van der Waals surface area contributed by atoms with Gasteiger partial charge in [-0.3, -0.25) is 24.4 Å². The number of ether oxygens (including phenoxy) is 2. The largest absolute Gasteiger partial charge is 0.490 e. The minimum absolute atomic E-state index is 0.0555. The van der Waals surface area contributed by atoms with Crippen molar-refractivity contribution < 1.29 is 39.2 Å². The molecule has 2 aliphatic rings. The zero-order valence-corrected chi connectivity index (χ0v) is 29.4. The van der Waals surface area contributed by atoms with Crippen molar-refractivity contribution in [3.63, 3.8) is 0 Å². The van der Waals surface area contributed by atoms with E-state index in [0.29, 0.717) is 35.6 Å². The maximum absolute atomic E-state index is 13.2. The first-order chi connectivity index (χ1) is 24.6. The van der Waals surface area contributed by atoms with Crippen molar-refractivity contribution in [2.45, 2.75) is 60.5 Å². The van der Waals surface area contributed by atoms with Crippen LogP contribution in [0.25, 0.3) is 0 Å². The van der Waals surface area contributed by atoms with E-state index in [4.69, 9.17) is 9.47 Å². The van der Waals surface area contributed by atoms with E-state index in [-0.39, 0.29) is 48.3 Å². The summed E-state index contributed by atoms with van der Waals surface area (Å²) < 4.78 is 11.4. The SMILES string of the molecule is CCc1ccc(C(O)COc2ccc(CC3SC(O)N(Cc4ccc(C(=O)COc5ccc(CC6SC(O)NC6=O)cc5)nc4)C3=O)cc2)nc1. The molecule has 2 amide bonds. The summed E-state index contributed by atoms with van der Waals surface area (Å²) in [5, 5.41) is 32.3. The molecule has 5 atom stereocenters. The average molecular weight is 731 g/mol. The van der Waals surface area contributed by atoms with Crippen LogP contribution in [0.3, 0.4) is 0 Å². The van der Waals surface area contributed by atoms with Crippen LogP contribution in [0.5, 0.6) is 11.5 Å². The van der Waals surface area contributed by atoms with Crippen LogP contribution in [0.1, 0.15) is 51.5 Å². The summed E-state index contributed by atoms with van der Waals surface area (Å²) in [7, 11) is 0. The number of pyridine rings is 2. The molecule has 0 saturated carbocycles. The summed E-state index contributed by atoms with van der Waals surface area (Å²) in [5.41, 5.74) is 2.42. The Kier molecular flexibility index (Phi) is 11.9. The van der Waals surface area contributed by atoms with Crippen LogP contribution in [-0.2, 0) is 35.4 Å². The fourth-order valence-corrected chi connectivity index (χ4v) is 7.68. The lowest BCUT2D eigenvalue weighted by Gasteiger charge is -2.19. The predicted molar refractivity (Wildman–Crippen MR) is 192 cm³/mol. The van der Waals surface area contributed by atoms with Crippen molar-refractivity contribution in [3.8, 4) is 11.5 Å². The van der Waals surface area contributed by atoms with Crippen LogP contribution in [0.4, 0.5) is 0 Å². The van der Waals surface area contributed by atoms with E-state index in [9.17, 15) is 29.7 Å². The summed E-state index contributed by atoms with van der Waals surface area (Å²) in [5.74, 6) is 0.360. The maximum Gasteiger partial charge on any atom is 0.239 e. The summed E-state index contributed by atoms with van der Waals surface area (Å²) >= 11 is 2.34. The molecule has 2 aromatic heterocycles. The molecule has 4 N–H and O–H groups in total. The minimum atomic E-state index is -1.02. The molecule has 2 saturated heterocycles. The summed E-state index contributed by atoms with van der Waals surface area (Å²) in [6, 6.07) is 21.4. The molecule has 0 bridgehead atoms. The lowest BCUT2D eigenvalue weighted by atomic mass is 10.1. The van der Waals surface area contributed by atoms with Crippen LogP contribution in [0, 0.1) is 0 Å². The Morgan fingerprint density at radius 3 is 2.04 bits per heavy atom. The van der Waals surface area contributed by atoms with Gasteiger partial charge < -0.3 is 35.0 Å². The highest BCUT2D eigenvalue weighted by molar-refractivity contribution is 8.01. The molecule has 2 aromatic carbocycles. The molecule has 12 nitrogen and oxygen atoms in total. The molecule has 6 rings (SSSR count). The number of nitrogens with zero attached hydrogens (tertiary/aromatic N) is 3. The van der Waals surface area contributed by atoms with Gasteiger partial charge in [0, 0.05) is 12.4 Å².